The van der Waals surface area contributed by atoms with E-state index in [1.165, 1.54) is 0 Å². The topological polar surface area (TPSA) is 17.1 Å². The standard InChI is InChI=1S/C8H13OP/c1-8(2)7-10(9)5-3-4-6-10/h3-4H,1,5-7H2,2H3. The fourth-order valence-corrected chi connectivity index (χ4v) is 3.69. The van der Waals surface area contributed by atoms with Crippen molar-refractivity contribution < 1.29 is 4.57 Å². The number of hydrogen-bond donors (Lipinski definition) is 0. The molecule has 56 valence electrons. The van der Waals surface area contributed by atoms with Crippen LogP contribution in [0.3, 0.4) is 0 Å². The van der Waals surface area contributed by atoms with Crippen LogP contribution in [-0.2, 0) is 4.57 Å². The number of allylic oxidation sites excluding steroid dienone is 3. The summed E-state index contributed by atoms with van der Waals surface area (Å²) in [5.41, 5.74) is 1.05. The summed E-state index contributed by atoms with van der Waals surface area (Å²) in [4.78, 5) is 0. The summed E-state index contributed by atoms with van der Waals surface area (Å²) in [6, 6.07) is 0. The zero-order valence-electron chi connectivity index (χ0n) is 6.34. The molecule has 0 bridgehead atoms. The summed E-state index contributed by atoms with van der Waals surface area (Å²) < 4.78 is 11.7. The van der Waals surface area contributed by atoms with Crippen LogP contribution in [-0.4, -0.2) is 18.5 Å². The molecule has 1 heterocycles. The summed E-state index contributed by atoms with van der Waals surface area (Å²) in [6.07, 6.45) is 6.35. The molecule has 0 saturated carbocycles. The molecule has 1 nitrogen and oxygen atoms in total. The van der Waals surface area contributed by atoms with Gasteiger partial charge >= 0.3 is 0 Å². The van der Waals surface area contributed by atoms with Crippen LogP contribution in [0.2, 0.25) is 0 Å². The van der Waals surface area contributed by atoms with Crippen molar-refractivity contribution in [3.63, 3.8) is 0 Å². The van der Waals surface area contributed by atoms with E-state index in [-0.39, 0.29) is 0 Å². The van der Waals surface area contributed by atoms with Crippen molar-refractivity contribution in [3.05, 3.63) is 24.3 Å². The average Bonchev–Trinajstić information content (AvgIpc) is 2.12. The van der Waals surface area contributed by atoms with Gasteiger partial charge in [-0.15, -0.1) is 0 Å². The van der Waals surface area contributed by atoms with E-state index in [0.717, 1.165) is 24.1 Å². The van der Waals surface area contributed by atoms with Gasteiger partial charge in [0, 0.05) is 18.5 Å². The molecule has 0 aliphatic carbocycles. The normalized spacial score (nSPS) is 21.3. The Morgan fingerprint density at radius 2 is 2.10 bits per heavy atom. The molecule has 10 heavy (non-hydrogen) atoms. The molecule has 0 saturated heterocycles. The van der Waals surface area contributed by atoms with Gasteiger partial charge in [-0.1, -0.05) is 24.3 Å². The molecule has 0 amide bonds. The second-order valence-corrected chi connectivity index (χ2v) is 6.17. The molecule has 0 unspecified atom stereocenters. The lowest BCUT2D eigenvalue weighted by Crippen LogP contribution is -1.92. The van der Waals surface area contributed by atoms with E-state index in [4.69, 9.17) is 0 Å². The van der Waals surface area contributed by atoms with Gasteiger partial charge in [-0.2, -0.15) is 0 Å². The zero-order chi connectivity index (χ0) is 7.61. The monoisotopic (exact) mass is 156 g/mol. The molecule has 0 N–H and O–H groups in total. The van der Waals surface area contributed by atoms with Crippen LogP contribution < -0.4 is 0 Å². The highest BCUT2D eigenvalue weighted by atomic mass is 31.2. The summed E-state index contributed by atoms with van der Waals surface area (Å²) >= 11 is 0. The van der Waals surface area contributed by atoms with Crippen LogP contribution in [0.15, 0.2) is 24.3 Å². The highest BCUT2D eigenvalue weighted by Crippen LogP contribution is 2.49. The highest BCUT2D eigenvalue weighted by molar-refractivity contribution is 7.64. The van der Waals surface area contributed by atoms with Crippen molar-refractivity contribution in [2.24, 2.45) is 0 Å². The summed E-state index contributed by atoms with van der Waals surface area (Å²) in [5.74, 6) is 0. The van der Waals surface area contributed by atoms with Gasteiger partial charge in [0.15, 0.2) is 0 Å². The lowest BCUT2D eigenvalue weighted by molar-refractivity contribution is 0.581. The lowest BCUT2D eigenvalue weighted by Gasteiger charge is -2.09. The van der Waals surface area contributed by atoms with Crippen molar-refractivity contribution in [2.45, 2.75) is 6.92 Å². The first kappa shape index (κ1) is 7.81. The van der Waals surface area contributed by atoms with Crippen LogP contribution in [0.1, 0.15) is 6.92 Å². The van der Waals surface area contributed by atoms with Gasteiger partial charge in [-0.25, -0.2) is 0 Å². The molecular formula is C8H13OP. The molecule has 0 spiro atoms. The second kappa shape index (κ2) is 2.75. The Morgan fingerprint density at radius 3 is 2.50 bits per heavy atom. The molecule has 0 aromatic carbocycles. The maximum Gasteiger partial charge on any atom is 0.0987 e. The second-order valence-electron chi connectivity index (χ2n) is 3.01. The minimum atomic E-state index is -1.84. The van der Waals surface area contributed by atoms with Crippen molar-refractivity contribution >= 4 is 7.14 Å². The summed E-state index contributed by atoms with van der Waals surface area (Å²) in [5, 5.41) is 0. The lowest BCUT2D eigenvalue weighted by atomic mass is 10.4. The predicted molar refractivity (Wildman–Crippen MR) is 46.2 cm³/mol. The Bertz CT molecular complexity index is 203. The SMILES string of the molecule is C=C(C)CP1(=O)CC=CC1. The number of hydrogen-bond acceptors (Lipinski definition) is 1. The zero-order valence-corrected chi connectivity index (χ0v) is 7.23. The maximum atomic E-state index is 11.7. The predicted octanol–water partition coefficient (Wildman–Crippen LogP) is 2.50. The first-order chi connectivity index (χ1) is 4.62. The molecule has 2 heteroatoms. The van der Waals surface area contributed by atoms with Crippen LogP contribution in [0.5, 0.6) is 0 Å². The Labute approximate surface area is 62.2 Å². The van der Waals surface area contributed by atoms with E-state index in [1.54, 1.807) is 0 Å². The summed E-state index contributed by atoms with van der Waals surface area (Å²) in [7, 11) is -1.84. The van der Waals surface area contributed by atoms with Gasteiger partial charge in [0.2, 0.25) is 0 Å². The van der Waals surface area contributed by atoms with Crippen molar-refractivity contribution in [2.75, 3.05) is 18.5 Å². The first-order valence-corrected chi connectivity index (χ1v) is 5.75. The van der Waals surface area contributed by atoms with E-state index >= 15 is 0 Å². The molecule has 0 radical (unpaired) electrons. The largest absolute Gasteiger partial charge is 0.323 e. The maximum absolute atomic E-state index is 11.7. The van der Waals surface area contributed by atoms with E-state index in [9.17, 15) is 4.57 Å². The Balaban J connectivity index is 2.55. The molecule has 1 aliphatic heterocycles. The molecular weight excluding hydrogens is 143 g/mol. The van der Waals surface area contributed by atoms with Gasteiger partial charge in [-0.3, -0.25) is 0 Å². The van der Waals surface area contributed by atoms with Crippen LogP contribution in [0.25, 0.3) is 0 Å². The van der Waals surface area contributed by atoms with Crippen molar-refractivity contribution in [1.82, 2.24) is 0 Å². The quantitative estimate of drug-likeness (QED) is 0.443. The minimum absolute atomic E-state index is 0.736. The fraction of sp³-hybridized carbons (Fsp3) is 0.500. The highest BCUT2D eigenvalue weighted by Gasteiger charge is 2.22. The van der Waals surface area contributed by atoms with Gasteiger partial charge < -0.3 is 4.57 Å². The average molecular weight is 156 g/mol. The van der Waals surface area contributed by atoms with Crippen molar-refractivity contribution in [1.29, 1.82) is 0 Å². The van der Waals surface area contributed by atoms with Crippen molar-refractivity contribution in [3.8, 4) is 0 Å². The Morgan fingerprint density at radius 1 is 1.60 bits per heavy atom. The molecule has 0 atom stereocenters. The third-order valence-corrected chi connectivity index (χ3v) is 4.47. The van der Waals surface area contributed by atoms with Crippen LogP contribution >= 0.6 is 7.14 Å². The molecule has 0 aromatic rings. The molecule has 1 aliphatic rings. The smallest absolute Gasteiger partial charge is 0.0987 e. The van der Waals surface area contributed by atoms with Gasteiger partial charge in [0.1, 0.15) is 0 Å². The van der Waals surface area contributed by atoms with Gasteiger partial charge in [0.25, 0.3) is 0 Å². The Hall–Kier alpha value is -0.290. The molecule has 1 rings (SSSR count). The van der Waals surface area contributed by atoms with Crippen LogP contribution in [0, 0.1) is 0 Å². The van der Waals surface area contributed by atoms with Gasteiger partial charge in [-0.05, 0) is 6.92 Å². The fourth-order valence-electron chi connectivity index (χ4n) is 1.23. The third kappa shape index (κ3) is 1.85. The van der Waals surface area contributed by atoms with E-state index < -0.39 is 7.14 Å². The third-order valence-electron chi connectivity index (χ3n) is 1.60. The van der Waals surface area contributed by atoms with E-state index in [2.05, 4.69) is 6.58 Å². The number of rotatable bonds is 2. The minimum Gasteiger partial charge on any atom is -0.323 e. The summed E-state index contributed by atoms with van der Waals surface area (Å²) in [6.45, 7) is 5.71. The molecule has 0 aromatic heterocycles. The Kier molecular flexibility index (Phi) is 2.15. The van der Waals surface area contributed by atoms with E-state index in [1.807, 2.05) is 19.1 Å². The molecule has 0 fully saturated rings. The van der Waals surface area contributed by atoms with Crippen LogP contribution in [0.4, 0.5) is 0 Å². The van der Waals surface area contributed by atoms with Gasteiger partial charge in [0.05, 0.1) is 7.14 Å². The van der Waals surface area contributed by atoms with E-state index in [0.29, 0.717) is 0 Å². The first-order valence-electron chi connectivity index (χ1n) is 3.49.